The first-order valence-corrected chi connectivity index (χ1v) is 10.2. The quantitative estimate of drug-likeness (QED) is 0.555. The molecule has 0 bridgehead atoms. The predicted molar refractivity (Wildman–Crippen MR) is 112 cm³/mol. The van der Waals surface area contributed by atoms with E-state index in [0.717, 1.165) is 16.7 Å². The fraction of sp³-hybridized carbons (Fsp3) is 0.364. The Balaban J connectivity index is 2.21. The molecule has 0 saturated carbocycles. The van der Waals surface area contributed by atoms with Crippen molar-refractivity contribution in [3.05, 3.63) is 53.6 Å². The Bertz CT molecular complexity index is 922. The molecule has 1 amide bonds. The Morgan fingerprint density at radius 1 is 1.03 bits per heavy atom. The monoisotopic (exact) mass is 439 g/mol. The summed E-state index contributed by atoms with van der Waals surface area (Å²) in [6, 6.07) is 12.4. The van der Waals surface area contributed by atoms with Crippen molar-refractivity contribution in [2.75, 3.05) is 0 Å². The third kappa shape index (κ3) is 6.52. The topological polar surface area (TPSA) is 66.4 Å². The molecular weight excluding hydrogens is 415 g/mol. The number of carbonyl (C=O) groups is 2. The molecule has 0 unspecified atom stereocenters. The van der Waals surface area contributed by atoms with Gasteiger partial charge in [-0.2, -0.15) is 13.2 Å². The zero-order valence-corrected chi connectivity index (χ0v) is 17.9. The van der Waals surface area contributed by atoms with Crippen LogP contribution < -0.4 is 5.32 Å². The number of aromatic carboxylic acids is 1. The van der Waals surface area contributed by atoms with Crippen molar-refractivity contribution in [1.82, 2.24) is 5.32 Å². The van der Waals surface area contributed by atoms with E-state index in [1.807, 2.05) is 37.4 Å². The van der Waals surface area contributed by atoms with E-state index in [2.05, 4.69) is 0 Å². The van der Waals surface area contributed by atoms with Gasteiger partial charge in [0.05, 0.1) is 5.56 Å². The zero-order valence-electron chi connectivity index (χ0n) is 17.1. The van der Waals surface area contributed by atoms with Crippen LogP contribution in [0.1, 0.15) is 43.6 Å². The number of carbonyl (C=O) groups excluding carboxylic acids is 1. The Hall–Kier alpha value is -2.48. The average molecular weight is 439 g/mol. The van der Waals surface area contributed by atoms with Gasteiger partial charge < -0.3 is 10.4 Å². The molecule has 8 heteroatoms. The van der Waals surface area contributed by atoms with E-state index in [1.54, 1.807) is 24.3 Å². The van der Waals surface area contributed by atoms with Gasteiger partial charge in [-0.15, -0.1) is 11.8 Å². The van der Waals surface area contributed by atoms with Gasteiger partial charge in [0.2, 0.25) is 0 Å². The van der Waals surface area contributed by atoms with Crippen molar-refractivity contribution >= 4 is 23.6 Å². The number of nitrogens with one attached hydrogen (secondary N) is 1. The van der Waals surface area contributed by atoms with E-state index in [4.69, 9.17) is 0 Å². The summed E-state index contributed by atoms with van der Waals surface area (Å²) in [6.45, 7) is 7.03. The van der Waals surface area contributed by atoms with Crippen molar-refractivity contribution in [2.45, 2.75) is 56.0 Å². The molecule has 0 heterocycles. The maximum Gasteiger partial charge on any atom is 0.471 e. The average Bonchev–Trinajstić information content (AvgIpc) is 2.60. The van der Waals surface area contributed by atoms with Gasteiger partial charge in [-0.3, -0.25) is 4.79 Å². The summed E-state index contributed by atoms with van der Waals surface area (Å²) in [5.41, 5.74) is 1.65. The van der Waals surface area contributed by atoms with Crippen molar-refractivity contribution in [3.8, 4) is 11.1 Å². The summed E-state index contributed by atoms with van der Waals surface area (Å²) >= 11 is 1.47. The Morgan fingerprint density at radius 2 is 1.60 bits per heavy atom. The normalized spacial score (nSPS) is 12.1. The Morgan fingerprint density at radius 3 is 2.10 bits per heavy atom. The first-order chi connectivity index (χ1) is 13.8. The number of halogens is 3. The summed E-state index contributed by atoms with van der Waals surface area (Å²) < 4.78 is 37.5. The minimum atomic E-state index is -4.92. The summed E-state index contributed by atoms with van der Waals surface area (Å²) in [4.78, 5) is 23.3. The Labute approximate surface area is 177 Å². The molecule has 0 spiro atoms. The van der Waals surface area contributed by atoms with Gasteiger partial charge in [0.25, 0.3) is 0 Å². The number of benzene rings is 2. The second kappa shape index (κ2) is 9.12. The Kier molecular flexibility index (Phi) is 7.23. The van der Waals surface area contributed by atoms with Gasteiger partial charge in [-0.1, -0.05) is 44.2 Å². The van der Waals surface area contributed by atoms with Crippen LogP contribution in [0.25, 0.3) is 11.1 Å². The first-order valence-electron chi connectivity index (χ1n) is 9.31. The number of rotatable bonds is 7. The van der Waals surface area contributed by atoms with Crippen LogP contribution in [-0.2, 0) is 11.2 Å². The molecule has 2 aromatic rings. The number of amides is 1. The molecule has 2 N–H and O–H groups in total. The zero-order chi connectivity index (χ0) is 22.7. The summed E-state index contributed by atoms with van der Waals surface area (Å²) in [6.07, 6.45) is -4.70. The molecule has 0 radical (unpaired) electrons. The lowest BCUT2D eigenvalue weighted by Crippen LogP contribution is -2.50. The smallest absolute Gasteiger partial charge is 0.471 e. The molecule has 162 valence electrons. The highest BCUT2D eigenvalue weighted by atomic mass is 32.2. The maximum atomic E-state index is 12.5. The molecule has 4 nitrogen and oxygen atoms in total. The molecule has 0 saturated heterocycles. The van der Waals surface area contributed by atoms with Crippen LogP contribution in [0.3, 0.4) is 0 Å². The van der Waals surface area contributed by atoms with Gasteiger partial charge in [-0.25, -0.2) is 4.79 Å². The molecular formula is C22H24F3NO3S. The highest BCUT2D eigenvalue weighted by molar-refractivity contribution is 8.00. The van der Waals surface area contributed by atoms with E-state index < -0.39 is 23.6 Å². The van der Waals surface area contributed by atoms with E-state index in [0.29, 0.717) is 4.90 Å². The van der Waals surface area contributed by atoms with Crippen LogP contribution in [0.4, 0.5) is 13.2 Å². The van der Waals surface area contributed by atoms with Crippen LogP contribution in [-0.4, -0.2) is 33.9 Å². The first kappa shape index (κ1) is 23.8. The molecule has 0 fully saturated rings. The molecule has 0 aliphatic heterocycles. The standard InChI is InChI=1S/C22H24F3NO3S/c1-13(2)30-18-11-16(9-10-17(18)19(27)28)15-7-5-14(6-8-15)12-21(3,4)26-20(29)22(23,24)25/h5-11,13H,12H2,1-4H3,(H,26,29)(H,27,28). The SMILES string of the molecule is CC(C)Sc1cc(-c2ccc(CC(C)(C)NC(=O)C(F)(F)F)cc2)ccc1C(=O)O. The third-order valence-electron chi connectivity index (χ3n) is 4.22. The molecule has 0 aliphatic carbocycles. The van der Waals surface area contributed by atoms with Gasteiger partial charge in [0.15, 0.2) is 0 Å². The van der Waals surface area contributed by atoms with E-state index in [-0.39, 0.29) is 17.2 Å². The van der Waals surface area contributed by atoms with Gasteiger partial charge in [0, 0.05) is 15.7 Å². The van der Waals surface area contributed by atoms with Crippen LogP contribution in [0, 0.1) is 0 Å². The molecule has 2 rings (SSSR count). The van der Waals surface area contributed by atoms with E-state index in [1.165, 1.54) is 25.6 Å². The molecule has 0 atom stereocenters. The highest BCUT2D eigenvalue weighted by Crippen LogP contribution is 2.32. The van der Waals surface area contributed by atoms with Crippen molar-refractivity contribution in [2.24, 2.45) is 0 Å². The number of carboxylic acids is 1. The highest BCUT2D eigenvalue weighted by Gasteiger charge is 2.41. The molecule has 0 aliphatic rings. The number of alkyl halides is 3. The van der Waals surface area contributed by atoms with E-state index >= 15 is 0 Å². The minimum absolute atomic E-state index is 0.217. The van der Waals surface area contributed by atoms with Crippen molar-refractivity contribution < 1.29 is 27.9 Å². The van der Waals surface area contributed by atoms with Crippen molar-refractivity contribution in [1.29, 1.82) is 0 Å². The second-order valence-electron chi connectivity index (χ2n) is 7.89. The van der Waals surface area contributed by atoms with Gasteiger partial charge in [-0.05, 0) is 49.1 Å². The number of carboxylic acid groups (broad SMARTS) is 1. The third-order valence-corrected chi connectivity index (χ3v) is 5.28. The lowest BCUT2D eigenvalue weighted by Gasteiger charge is -2.27. The fourth-order valence-electron chi connectivity index (χ4n) is 2.98. The van der Waals surface area contributed by atoms with Crippen LogP contribution in [0.2, 0.25) is 0 Å². The molecule has 2 aromatic carbocycles. The van der Waals surface area contributed by atoms with Gasteiger partial charge >= 0.3 is 18.1 Å². The van der Waals surface area contributed by atoms with E-state index in [9.17, 15) is 27.9 Å². The van der Waals surface area contributed by atoms with Crippen LogP contribution >= 0.6 is 11.8 Å². The van der Waals surface area contributed by atoms with Crippen LogP contribution in [0.5, 0.6) is 0 Å². The predicted octanol–water partition coefficient (Wildman–Crippen LogP) is 5.55. The lowest BCUT2D eigenvalue weighted by molar-refractivity contribution is -0.175. The van der Waals surface area contributed by atoms with Gasteiger partial charge in [0.1, 0.15) is 0 Å². The number of thioether (sulfide) groups is 1. The number of hydrogen-bond donors (Lipinski definition) is 2. The summed E-state index contributed by atoms with van der Waals surface area (Å²) in [5, 5.41) is 11.6. The molecule has 0 aromatic heterocycles. The molecule has 30 heavy (non-hydrogen) atoms. The fourth-order valence-corrected chi connectivity index (χ4v) is 3.96. The largest absolute Gasteiger partial charge is 0.478 e. The van der Waals surface area contributed by atoms with Crippen LogP contribution in [0.15, 0.2) is 47.4 Å². The lowest BCUT2D eigenvalue weighted by atomic mass is 9.93. The summed E-state index contributed by atoms with van der Waals surface area (Å²) in [7, 11) is 0. The minimum Gasteiger partial charge on any atom is -0.478 e. The second-order valence-corrected chi connectivity index (χ2v) is 9.51. The maximum absolute atomic E-state index is 12.5. The van der Waals surface area contributed by atoms with Crippen molar-refractivity contribution in [3.63, 3.8) is 0 Å². The number of hydrogen-bond acceptors (Lipinski definition) is 3. The summed E-state index contributed by atoms with van der Waals surface area (Å²) in [5.74, 6) is -2.94.